The first kappa shape index (κ1) is 24.2. The van der Waals surface area contributed by atoms with Crippen LogP contribution in [0.2, 0.25) is 0 Å². The maximum Gasteiger partial charge on any atom is 0.253 e. The van der Waals surface area contributed by atoms with Crippen molar-refractivity contribution in [3.8, 4) is 0 Å². The highest BCUT2D eigenvalue weighted by atomic mass is 16.1. The summed E-state index contributed by atoms with van der Waals surface area (Å²) in [6.45, 7) is 10.9. The molecule has 1 aliphatic rings. The van der Waals surface area contributed by atoms with Gasteiger partial charge < -0.3 is 15.2 Å². The highest BCUT2D eigenvalue weighted by Crippen LogP contribution is 2.21. The maximum absolute atomic E-state index is 12.6. The van der Waals surface area contributed by atoms with E-state index in [9.17, 15) is 9.59 Å². The molecule has 8 nitrogen and oxygen atoms in total. The SMILES string of the molecule is Cc1nn(C)c2[nH]c(=O)c(CCC(=O)NCCCN3CCN(Cc4ccccc4)CC3)c(C)c12. The summed E-state index contributed by atoms with van der Waals surface area (Å²) in [5, 5.41) is 8.39. The first-order chi connectivity index (χ1) is 16.4. The Morgan fingerprint density at radius 3 is 2.53 bits per heavy atom. The molecule has 3 heterocycles. The van der Waals surface area contributed by atoms with Crippen LogP contribution in [-0.4, -0.2) is 69.7 Å². The van der Waals surface area contributed by atoms with Crippen molar-refractivity contribution in [3.05, 3.63) is 63.1 Å². The number of aromatic nitrogens is 3. The molecule has 0 bridgehead atoms. The van der Waals surface area contributed by atoms with E-state index < -0.39 is 0 Å². The number of H-pyrrole nitrogens is 1. The molecule has 0 radical (unpaired) electrons. The summed E-state index contributed by atoms with van der Waals surface area (Å²) in [4.78, 5) is 32.8. The molecule has 0 saturated carbocycles. The largest absolute Gasteiger partial charge is 0.356 e. The van der Waals surface area contributed by atoms with E-state index in [1.54, 1.807) is 4.68 Å². The lowest BCUT2D eigenvalue weighted by molar-refractivity contribution is -0.121. The van der Waals surface area contributed by atoms with Crippen molar-refractivity contribution < 1.29 is 4.79 Å². The van der Waals surface area contributed by atoms with Gasteiger partial charge in [-0.25, -0.2) is 0 Å². The molecule has 182 valence electrons. The van der Waals surface area contributed by atoms with Gasteiger partial charge in [0, 0.05) is 63.7 Å². The van der Waals surface area contributed by atoms with Gasteiger partial charge in [0.15, 0.2) is 0 Å². The second-order valence-corrected chi connectivity index (χ2v) is 9.30. The van der Waals surface area contributed by atoms with Crippen LogP contribution in [0.4, 0.5) is 0 Å². The zero-order valence-electron chi connectivity index (χ0n) is 20.6. The van der Waals surface area contributed by atoms with Crippen LogP contribution >= 0.6 is 0 Å². The number of amides is 1. The molecule has 2 aromatic heterocycles. The van der Waals surface area contributed by atoms with Gasteiger partial charge >= 0.3 is 0 Å². The fourth-order valence-corrected chi connectivity index (χ4v) is 4.93. The second-order valence-electron chi connectivity index (χ2n) is 9.30. The molecule has 1 fully saturated rings. The molecule has 0 unspecified atom stereocenters. The van der Waals surface area contributed by atoms with Crippen LogP contribution in [0.3, 0.4) is 0 Å². The zero-order valence-corrected chi connectivity index (χ0v) is 20.6. The minimum Gasteiger partial charge on any atom is -0.356 e. The van der Waals surface area contributed by atoms with Crippen LogP contribution in [0.1, 0.15) is 35.2 Å². The molecule has 1 amide bonds. The van der Waals surface area contributed by atoms with E-state index in [-0.39, 0.29) is 11.5 Å². The van der Waals surface area contributed by atoms with E-state index in [1.165, 1.54) is 5.56 Å². The van der Waals surface area contributed by atoms with Gasteiger partial charge in [0.1, 0.15) is 5.65 Å². The Morgan fingerprint density at radius 2 is 1.79 bits per heavy atom. The lowest BCUT2D eigenvalue weighted by Crippen LogP contribution is -2.46. The van der Waals surface area contributed by atoms with Crippen molar-refractivity contribution in [1.82, 2.24) is 29.9 Å². The van der Waals surface area contributed by atoms with Gasteiger partial charge in [0.05, 0.1) is 5.69 Å². The van der Waals surface area contributed by atoms with Gasteiger partial charge in [-0.2, -0.15) is 5.10 Å². The number of nitrogens with one attached hydrogen (secondary N) is 2. The third-order valence-electron chi connectivity index (χ3n) is 6.85. The molecule has 0 aliphatic carbocycles. The molecule has 4 rings (SSSR count). The van der Waals surface area contributed by atoms with Gasteiger partial charge in [0.25, 0.3) is 5.56 Å². The molecule has 1 aliphatic heterocycles. The highest BCUT2D eigenvalue weighted by Gasteiger charge is 2.17. The Hall–Kier alpha value is -2.97. The Balaban J connectivity index is 1.16. The predicted octanol–water partition coefficient (Wildman–Crippen LogP) is 2.14. The normalized spacial score (nSPS) is 15.1. The third kappa shape index (κ3) is 5.74. The monoisotopic (exact) mass is 464 g/mol. The molecule has 0 spiro atoms. The number of hydrogen-bond acceptors (Lipinski definition) is 5. The number of rotatable bonds is 9. The quantitative estimate of drug-likeness (QED) is 0.474. The van der Waals surface area contributed by atoms with Crippen molar-refractivity contribution in [1.29, 1.82) is 0 Å². The molecular weight excluding hydrogens is 428 g/mol. The van der Waals surface area contributed by atoms with Crippen molar-refractivity contribution in [2.75, 3.05) is 39.3 Å². The standard InChI is InChI=1S/C26H36N6O2/c1-19-22(26(34)28-25-24(19)20(2)29-30(25)3)10-11-23(33)27-12-7-13-31-14-16-32(17-15-31)18-21-8-5-4-6-9-21/h4-6,8-9H,7,10-18H2,1-3H3,(H,27,33)(H,28,34). The van der Waals surface area contributed by atoms with E-state index in [1.807, 2.05) is 20.9 Å². The molecule has 8 heteroatoms. The first-order valence-electron chi connectivity index (χ1n) is 12.2. The number of pyridine rings is 1. The van der Waals surface area contributed by atoms with Crippen LogP contribution < -0.4 is 10.9 Å². The maximum atomic E-state index is 12.6. The second kappa shape index (κ2) is 11.0. The van der Waals surface area contributed by atoms with Crippen LogP contribution in [-0.2, 0) is 24.8 Å². The number of carbonyl (C=O) groups excluding carboxylic acids is 1. The lowest BCUT2D eigenvalue weighted by atomic mass is 10.0. The van der Waals surface area contributed by atoms with Crippen molar-refractivity contribution in [2.24, 2.45) is 7.05 Å². The minimum absolute atomic E-state index is 0.00511. The van der Waals surface area contributed by atoms with Crippen molar-refractivity contribution >= 4 is 16.9 Å². The average Bonchev–Trinajstić information content (AvgIpc) is 3.11. The van der Waals surface area contributed by atoms with Crippen LogP contribution in [0.15, 0.2) is 35.1 Å². The summed E-state index contributed by atoms with van der Waals surface area (Å²) in [5.41, 5.74) is 4.45. The topological polar surface area (TPSA) is 86.3 Å². The number of benzene rings is 1. The summed E-state index contributed by atoms with van der Waals surface area (Å²) >= 11 is 0. The predicted molar refractivity (Wildman–Crippen MR) is 135 cm³/mol. The summed E-state index contributed by atoms with van der Waals surface area (Å²) in [5.74, 6) is -0.00511. The molecular formula is C26H36N6O2. The van der Waals surface area contributed by atoms with Gasteiger partial charge in [-0.3, -0.25) is 19.2 Å². The lowest BCUT2D eigenvalue weighted by Gasteiger charge is -2.34. The number of fused-ring (bicyclic) bond motifs is 1. The summed E-state index contributed by atoms with van der Waals surface area (Å²) in [7, 11) is 1.82. The molecule has 34 heavy (non-hydrogen) atoms. The number of piperazine rings is 1. The number of aryl methyl sites for hydroxylation is 3. The molecule has 2 N–H and O–H groups in total. The Morgan fingerprint density at radius 1 is 1.09 bits per heavy atom. The van der Waals surface area contributed by atoms with Crippen molar-refractivity contribution in [3.63, 3.8) is 0 Å². The van der Waals surface area contributed by atoms with Crippen LogP contribution in [0, 0.1) is 13.8 Å². The van der Waals surface area contributed by atoms with E-state index >= 15 is 0 Å². The number of nitrogens with zero attached hydrogens (tertiary/aromatic N) is 4. The van der Waals surface area contributed by atoms with Gasteiger partial charge in [0.2, 0.25) is 5.91 Å². The van der Waals surface area contributed by atoms with Gasteiger partial charge in [-0.1, -0.05) is 30.3 Å². The van der Waals surface area contributed by atoms with E-state index in [0.29, 0.717) is 24.9 Å². The smallest absolute Gasteiger partial charge is 0.253 e. The van der Waals surface area contributed by atoms with Crippen LogP contribution in [0.5, 0.6) is 0 Å². The Labute approximate surface area is 200 Å². The van der Waals surface area contributed by atoms with Gasteiger partial charge in [-0.05, 0) is 44.4 Å². The average molecular weight is 465 g/mol. The summed E-state index contributed by atoms with van der Waals surface area (Å²) in [6, 6.07) is 10.6. The van der Waals surface area contributed by atoms with E-state index in [0.717, 1.165) is 68.0 Å². The molecule has 3 aromatic rings. The Kier molecular flexibility index (Phi) is 7.80. The number of hydrogen-bond donors (Lipinski definition) is 2. The minimum atomic E-state index is -0.132. The molecule has 1 saturated heterocycles. The summed E-state index contributed by atoms with van der Waals surface area (Å²) in [6.07, 6.45) is 1.68. The fraction of sp³-hybridized carbons (Fsp3) is 0.500. The van der Waals surface area contributed by atoms with E-state index in [2.05, 4.69) is 55.5 Å². The van der Waals surface area contributed by atoms with E-state index in [4.69, 9.17) is 0 Å². The zero-order chi connectivity index (χ0) is 24.1. The van der Waals surface area contributed by atoms with Crippen LogP contribution in [0.25, 0.3) is 11.0 Å². The Bertz CT molecular complexity index is 1180. The molecule has 1 aromatic carbocycles. The van der Waals surface area contributed by atoms with Crippen molar-refractivity contribution in [2.45, 2.75) is 39.7 Å². The molecule has 0 atom stereocenters. The third-order valence-corrected chi connectivity index (χ3v) is 6.85. The summed E-state index contributed by atoms with van der Waals surface area (Å²) < 4.78 is 1.69. The fourth-order valence-electron chi connectivity index (χ4n) is 4.93. The number of aromatic amines is 1. The first-order valence-corrected chi connectivity index (χ1v) is 12.2. The highest BCUT2D eigenvalue weighted by molar-refractivity contribution is 5.83. The number of carbonyl (C=O) groups is 1. The van der Waals surface area contributed by atoms with Gasteiger partial charge in [-0.15, -0.1) is 0 Å².